The van der Waals surface area contributed by atoms with Crippen LogP contribution in [-0.2, 0) is 31.5 Å². The van der Waals surface area contributed by atoms with Gasteiger partial charge in [0.2, 0.25) is 10.0 Å². The number of ether oxygens (including phenoxy) is 2. The van der Waals surface area contributed by atoms with Gasteiger partial charge in [0.15, 0.2) is 12.4 Å². The van der Waals surface area contributed by atoms with Gasteiger partial charge < -0.3 is 14.0 Å². The number of benzene rings is 1. The standard InChI is InChI=1S/C20H26ClN3O6S/c1-12-9-24(10-13(2)29-12)31(26,27)16-8-14(6-7-15(16)21)18(25)28-11-17-22-19(23-30-17)20(3,4)5/h6-8,12-13H,9-11H2,1-5H3. The van der Waals surface area contributed by atoms with E-state index in [2.05, 4.69) is 10.1 Å². The number of aromatic nitrogens is 2. The SMILES string of the molecule is CC1CN(S(=O)(=O)c2cc(C(=O)OCc3nc(C(C)(C)C)no3)ccc2Cl)CC(C)O1. The maximum absolute atomic E-state index is 13.2. The van der Waals surface area contributed by atoms with Crippen LogP contribution < -0.4 is 0 Å². The highest BCUT2D eigenvalue weighted by atomic mass is 35.5. The topological polar surface area (TPSA) is 112 Å². The third-order valence-corrected chi connectivity index (χ3v) is 6.95. The molecule has 0 radical (unpaired) electrons. The smallest absolute Gasteiger partial charge is 0.338 e. The van der Waals surface area contributed by atoms with Crippen LogP contribution >= 0.6 is 11.6 Å². The molecule has 11 heteroatoms. The van der Waals surface area contributed by atoms with E-state index in [1.807, 2.05) is 20.8 Å². The van der Waals surface area contributed by atoms with Crippen molar-refractivity contribution in [3.8, 4) is 0 Å². The number of morpholine rings is 1. The Morgan fingerprint density at radius 3 is 2.48 bits per heavy atom. The summed E-state index contributed by atoms with van der Waals surface area (Å²) >= 11 is 6.17. The van der Waals surface area contributed by atoms with Gasteiger partial charge in [-0.25, -0.2) is 13.2 Å². The number of carbonyl (C=O) groups is 1. The lowest BCUT2D eigenvalue weighted by Gasteiger charge is -2.34. The minimum Gasteiger partial charge on any atom is -0.452 e. The predicted octanol–water partition coefficient (Wildman–Crippen LogP) is 3.18. The molecule has 0 saturated carbocycles. The summed E-state index contributed by atoms with van der Waals surface area (Å²) in [4.78, 5) is 16.6. The maximum atomic E-state index is 13.2. The van der Waals surface area contributed by atoms with Crippen LogP contribution in [-0.4, -0.2) is 54.1 Å². The predicted molar refractivity (Wildman–Crippen MR) is 112 cm³/mol. The quantitative estimate of drug-likeness (QED) is 0.611. The third kappa shape index (κ3) is 5.43. The van der Waals surface area contributed by atoms with Crippen molar-refractivity contribution in [1.82, 2.24) is 14.4 Å². The van der Waals surface area contributed by atoms with Gasteiger partial charge in [0.1, 0.15) is 4.90 Å². The number of carbonyl (C=O) groups excluding carboxylic acids is 1. The Morgan fingerprint density at radius 1 is 1.26 bits per heavy atom. The zero-order chi connectivity index (χ0) is 23.0. The van der Waals surface area contributed by atoms with Crippen molar-refractivity contribution in [2.45, 2.75) is 63.7 Å². The summed E-state index contributed by atoms with van der Waals surface area (Å²) in [5.74, 6) is -0.0869. The highest BCUT2D eigenvalue weighted by Crippen LogP contribution is 2.28. The summed E-state index contributed by atoms with van der Waals surface area (Å²) in [5, 5.41) is 3.89. The summed E-state index contributed by atoms with van der Waals surface area (Å²) in [6.45, 7) is 9.56. The highest BCUT2D eigenvalue weighted by Gasteiger charge is 2.34. The Morgan fingerprint density at radius 2 is 1.90 bits per heavy atom. The third-order valence-electron chi connectivity index (χ3n) is 4.64. The van der Waals surface area contributed by atoms with Crippen molar-refractivity contribution in [3.63, 3.8) is 0 Å². The second-order valence-electron chi connectivity index (χ2n) is 8.56. The lowest BCUT2D eigenvalue weighted by atomic mass is 9.96. The van der Waals surface area contributed by atoms with Gasteiger partial charge in [-0.3, -0.25) is 0 Å². The van der Waals surface area contributed by atoms with E-state index in [4.69, 9.17) is 25.6 Å². The minimum absolute atomic E-state index is 0.0232. The lowest BCUT2D eigenvalue weighted by Crippen LogP contribution is -2.48. The molecule has 0 spiro atoms. The normalized spacial score (nSPS) is 20.6. The van der Waals surface area contributed by atoms with Crippen molar-refractivity contribution in [2.75, 3.05) is 13.1 Å². The van der Waals surface area contributed by atoms with Crippen molar-refractivity contribution >= 4 is 27.6 Å². The first-order chi connectivity index (χ1) is 14.4. The average Bonchev–Trinajstić information content (AvgIpc) is 3.15. The fourth-order valence-electron chi connectivity index (χ4n) is 3.12. The molecule has 1 fully saturated rings. The molecule has 2 heterocycles. The molecule has 1 aromatic heterocycles. The molecule has 1 aliphatic rings. The molecule has 0 amide bonds. The van der Waals surface area contributed by atoms with E-state index in [1.165, 1.54) is 22.5 Å². The molecule has 170 valence electrons. The number of hydrogen-bond acceptors (Lipinski definition) is 8. The molecule has 0 bridgehead atoms. The number of sulfonamides is 1. The van der Waals surface area contributed by atoms with Crippen LogP contribution in [0.4, 0.5) is 0 Å². The fourth-order valence-corrected chi connectivity index (χ4v) is 5.21. The van der Waals surface area contributed by atoms with Crippen molar-refractivity contribution < 1.29 is 27.2 Å². The molecule has 1 saturated heterocycles. The molecule has 2 aromatic rings. The molecule has 9 nitrogen and oxygen atoms in total. The van der Waals surface area contributed by atoms with Gasteiger partial charge in [-0.1, -0.05) is 37.5 Å². The molecule has 2 atom stereocenters. The number of hydrogen-bond donors (Lipinski definition) is 0. The van der Waals surface area contributed by atoms with Crippen LogP contribution in [0, 0.1) is 0 Å². The molecule has 0 aliphatic carbocycles. The van der Waals surface area contributed by atoms with E-state index in [-0.39, 0.29) is 58.7 Å². The van der Waals surface area contributed by atoms with Crippen LogP contribution in [0.15, 0.2) is 27.6 Å². The van der Waals surface area contributed by atoms with E-state index in [0.29, 0.717) is 5.82 Å². The highest BCUT2D eigenvalue weighted by molar-refractivity contribution is 7.89. The maximum Gasteiger partial charge on any atom is 0.338 e. The fraction of sp³-hybridized carbons (Fsp3) is 0.550. The van der Waals surface area contributed by atoms with Crippen LogP contribution in [0.25, 0.3) is 0 Å². The summed E-state index contributed by atoms with van der Waals surface area (Å²) in [6, 6.07) is 3.99. The Kier molecular flexibility index (Phi) is 6.75. The van der Waals surface area contributed by atoms with Crippen molar-refractivity contribution in [3.05, 3.63) is 40.5 Å². The summed E-state index contributed by atoms with van der Waals surface area (Å²) in [5.41, 5.74) is -0.257. The zero-order valence-corrected chi connectivity index (χ0v) is 19.7. The van der Waals surface area contributed by atoms with E-state index in [1.54, 1.807) is 13.8 Å². The molecule has 3 rings (SSSR count). The van der Waals surface area contributed by atoms with Crippen molar-refractivity contribution in [2.24, 2.45) is 0 Å². The number of esters is 1. The molecule has 1 aliphatic heterocycles. The van der Waals surface area contributed by atoms with E-state index in [0.717, 1.165) is 0 Å². The molecule has 31 heavy (non-hydrogen) atoms. The Bertz CT molecular complexity index is 1050. The first-order valence-corrected chi connectivity index (χ1v) is 11.6. The van der Waals surface area contributed by atoms with Crippen LogP contribution in [0.1, 0.15) is 56.7 Å². The van der Waals surface area contributed by atoms with E-state index in [9.17, 15) is 13.2 Å². The van der Waals surface area contributed by atoms with E-state index < -0.39 is 16.0 Å². The molecule has 2 unspecified atom stereocenters. The lowest BCUT2D eigenvalue weighted by molar-refractivity contribution is -0.0440. The van der Waals surface area contributed by atoms with Gasteiger partial charge >= 0.3 is 5.97 Å². The average molecular weight is 472 g/mol. The second-order valence-corrected chi connectivity index (χ2v) is 10.9. The zero-order valence-electron chi connectivity index (χ0n) is 18.1. The number of nitrogens with zero attached hydrogens (tertiary/aromatic N) is 3. The monoisotopic (exact) mass is 471 g/mol. The summed E-state index contributed by atoms with van der Waals surface area (Å²) < 4.78 is 43.5. The number of rotatable bonds is 5. The Labute approximate surface area is 186 Å². The van der Waals surface area contributed by atoms with Gasteiger partial charge in [-0.2, -0.15) is 9.29 Å². The molecular formula is C20H26ClN3O6S. The van der Waals surface area contributed by atoms with Gasteiger partial charge in [0, 0.05) is 18.5 Å². The van der Waals surface area contributed by atoms with Gasteiger partial charge in [0.25, 0.3) is 5.89 Å². The van der Waals surface area contributed by atoms with E-state index >= 15 is 0 Å². The Hall–Kier alpha value is -2.01. The van der Waals surface area contributed by atoms with Crippen LogP contribution in [0.5, 0.6) is 0 Å². The van der Waals surface area contributed by atoms with Gasteiger partial charge in [0.05, 0.1) is 22.8 Å². The first-order valence-electron chi connectivity index (χ1n) is 9.83. The van der Waals surface area contributed by atoms with Gasteiger partial charge in [-0.15, -0.1) is 0 Å². The Balaban J connectivity index is 1.77. The molecule has 0 N–H and O–H groups in total. The number of halogens is 1. The van der Waals surface area contributed by atoms with Crippen molar-refractivity contribution in [1.29, 1.82) is 0 Å². The van der Waals surface area contributed by atoms with Crippen LogP contribution in [0.2, 0.25) is 5.02 Å². The minimum atomic E-state index is -3.92. The molecular weight excluding hydrogens is 446 g/mol. The summed E-state index contributed by atoms with van der Waals surface area (Å²) in [7, 11) is -3.92. The second kappa shape index (κ2) is 8.85. The summed E-state index contributed by atoms with van der Waals surface area (Å²) in [6.07, 6.45) is -0.504. The van der Waals surface area contributed by atoms with Gasteiger partial charge in [-0.05, 0) is 32.0 Å². The first kappa shape index (κ1) is 23.6. The van der Waals surface area contributed by atoms with Crippen LogP contribution in [0.3, 0.4) is 0 Å². The largest absolute Gasteiger partial charge is 0.452 e. The molecule has 1 aromatic carbocycles.